The molecule has 1 saturated carbocycles. The molecular weight excluding hydrogens is 382 g/mol. The standard InChI is InChI=1S/C24H37NO3S/c1-3-5-6-20-11-13-22(14-12-20)24(26)25(23-15-16-29(27,28)18-23)17-21-9-7-19(4-2)8-10-21/h7-10,20,22-23H,3-6,11-18H2,1-2H3. The largest absolute Gasteiger partial charge is 0.334 e. The maximum atomic E-state index is 13.5. The molecule has 0 spiro atoms. The lowest BCUT2D eigenvalue weighted by Crippen LogP contribution is -2.44. The van der Waals surface area contributed by atoms with E-state index in [0.29, 0.717) is 13.0 Å². The van der Waals surface area contributed by atoms with Crippen molar-refractivity contribution < 1.29 is 13.2 Å². The van der Waals surface area contributed by atoms with Gasteiger partial charge in [0.1, 0.15) is 0 Å². The summed E-state index contributed by atoms with van der Waals surface area (Å²) in [6, 6.07) is 8.23. The molecule has 1 unspecified atom stereocenters. The van der Waals surface area contributed by atoms with Gasteiger partial charge in [0.15, 0.2) is 9.84 Å². The Morgan fingerprint density at radius 3 is 2.21 bits per heavy atom. The quantitative estimate of drug-likeness (QED) is 0.610. The highest BCUT2D eigenvalue weighted by atomic mass is 32.2. The fraction of sp³-hybridized carbons (Fsp3) is 0.708. The number of sulfone groups is 1. The molecule has 1 aromatic carbocycles. The van der Waals surface area contributed by atoms with Crippen molar-refractivity contribution in [1.82, 2.24) is 4.90 Å². The van der Waals surface area contributed by atoms with Gasteiger partial charge >= 0.3 is 0 Å². The fourth-order valence-electron chi connectivity index (χ4n) is 4.91. The highest BCUT2D eigenvalue weighted by Crippen LogP contribution is 2.34. The maximum absolute atomic E-state index is 13.5. The number of hydrogen-bond donors (Lipinski definition) is 0. The van der Waals surface area contributed by atoms with E-state index in [9.17, 15) is 13.2 Å². The number of unbranched alkanes of at least 4 members (excludes halogenated alkanes) is 1. The first kappa shape index (κ1) is 22.3. The van der Waals surface area contributed by atoms with Crippen LogP contribution < -0.4 is 0 Å². The number of hydrogen-bond acceptors (Lipinski definition) is 3. The third-order valence-electron chi connectivity index (χ3n) is 6.88. The van der Waals surface area contributed by atoms with Gasteiger partial charge < -0.3 is 4.90 Å². The van der Waals surface area contributed by atoms with Gasteiger partial charge in [0, 0.05) is 18.5 Å². The molecule has 1 amide bonds. The number of amides is 1. The van der Waals surface area contributed by atoms with Crippen LogP contribution in [0.5, 0.6) is 0 Å². The first-order valence-corrected chi connectivity index (χ1v) is 13.3. The zero-order valence-electron chi connectivity index (χ0n) is 18.1. The molecule has 1 aliphatic carbocycles. The van der Waals surface area contributed by atoms with Gasteiger partial charge in [-0.15, -0.1) is 0 Å². The topological polar surface area (TPSA) is 54.5 Å². The van der Waals surface area contributed by atoms with Crippen LogP contribution in [0.1, 0.15) is 76.3 Å². The van der Waals surface area contributed by atoms with Gasteiger partial charge in [0.25, 0.3) is 0 Å². The van der Waals surface area contributed by atoms with Crippen molar-refractivity contribution >= 4 is 15.7 Å². The summed E-state index contributed by atoms with van der Waals surface area (Å²) < 4.78 is 24.2. The maximum Gasteiger partial charge on any atom is 0.226 e. The second-order valence-electron chi connectivity index (χ2n) is 9.05. The minimum Gasteiger partial charge on any atom is -0.334 e. The van der Waals surface area contributed by atoms with Crippen molar-refractivity contribution in [3.05, 3.63) is 35.4 Å². The molecule has 0 aromatic heterocycles. The Bertz CT molecular complexity index is 764. The summed E-state index contributed by atoms with van der Waals surface area (Å²) in [5, 5.41) is 0. The summed E-state index contributed by atoms with van der Waals surface area (Å²) in [6.07, 6.45) is 9.55. The molecule has 1 saturated heterocycles. The Hall–Kier alpha value is -1.36. The second kappa shape index (κ2) is 10.1. The van der Waals surface area contributed by atoms with Gasteiger partial charge in [0.2, 0.25) is 5.91 Å². The summed E-state index contributed by atoms with van der Waals surface area (Å²) >= 11 is 0. The average molecular weight is 420 g/mol. The van der Waals surface area contributed by atoms with Gasteiger partial charge in [-0.25, -0.2) is 8.42 Å². The minimum absolute atomic E-state index is 0.0612. The minimum atomic E-state index is -3.02. The van der Waals surface area contributed by atoms with Gasteiger partial charge in [-0.1, -0.05) is 57.4 Å². The predicted octanol–water partition coefficient (Wildman–Crippen LogP) is 4.76. The van der Waals surface area contributed by atoms with Crippen molar-refractivity contribution in [2.75, 3.05) is 11.5 Å². The third kappa shape index (κ3) is 6.07. The summed E-state index contributed by atoms with van der Waals surface area (Å²) in [5.41, 5.74) is 2.37. The van der Waals surface area contributed by atoms with E-state index in [1.165, 1.54) is 24.8 Å². The van der Waals surface area contributed by atoms with Gasteiger partial charge in [-0.2, -0.15) is 0 Å². The molecule has 0 bridgehead atoms. The van der Waals surface area contributed by atoms with Crippen molar-refractivity contribution in [3.8, 4) is 0 Å². The number of benzene rings is 1. The summed E-state index contributed by atoms with van der Waals surface area (Å²) in [7, 11) is -3.02. The molecule has 5 heteroatoms. The van der Waals surface area contributed by atoms with Crippen molar-refractivity contribution in [1.29, 1.82) is 0 Å². The molecule has 1 atom stereocenters. The van der Waals surface area contributed by atoms with Crippen molar-refractivity contribution in [3.63, 3.8) is 0 Å². The Morgan fingerprint density at radius 1 is 1.00 bits per heavy atom. The molecule has 1 aromatic rings. The summed E-state index contributed by atoms with van der Waals surface area (Å²) in [4.78, 5) is 15.4. The zero-order chi connectivity index (χ0) is 20.9. The van der Waals surface area contributed by atoms with Crippen LogP contribution >= 0.6 is 0 Å². The summed E-state index contributed by atoms with van der Waals surface area (Å²) in [6.45, 7) is 4.89. The van der Waals surface area contributed by atoms with Gasteiger partial charge in [0.05, 0.1) is 11.5 Å². The van der Waals surface area contributed by atoms with E-state index < -0.39 is 9.84 Å². The first-order valence-electron chi connectivity index (χ1n) is 11.5. The molecule has 3 rings (SSSR count). The number of aryl methyl sites for hydroxylation is 1. The highest BCUT2D eigenvalue weighted by molar-refractivity contribution is 7.91. The van der Waals surface area contributed by atoms with Crippen LogP contribution in [0.4, 0.5) is 0 Å². The molecule has 0 N–H and O–H groups in total. The Balaban J connectivity index is 1.69. The normalized spacial score (nSPS) is 26.3. The zero-order valence-corrected chi connectivity index (χ0v) is 18.9. The summed E-state index contributed by atoms with van der Waals surface area (Å²) in [5.74, 6) is 1.34. The van der Waals surface area contributed by atoms with Crippen molar-refractivity contribution in [2.45, 2.75) is 84.2 Å². The molecule has 2 aliphatic rings. The Morgan fingerprint density at radius 2 is 1.66 bits per heavy atom. The molecule has 4 nitrogen and oxygen atoms in total. The van der Waals surface area contributed by atoms with Gasteiger partial charge in [-0.05, 0) is 55.6 Å². The van der Waals surface area contributed by atoms with Crippen LogP contribution in [0.2, 0.25) is 0 Å². The van der Waals surface area contributed by atoms with E-state index in [-0.39, 0.29) is 29.4 Å². The van der Waals surface area contributed by atoms with Gasteiger partial charge in [-0.3, -0.25) is 4.79 Å². The van der Waals surface area contributed by atoms with Crippen LogP contribution in [0.25, 0.3) is 0 Å². The number of nitrogens with zero attached hydrogens (tertiary/aromatic N) is 1. The molecule has 0 radical (unpaired) electrons. The lowest BCUT2D eigenvalue weighted by molar-refractivity contribution is -0.139. The van der Waals surface area contributed by atoms with E-state index in [0.717, 1.165) is 43.6 Å². The molecule has 2 fully saturated rings. The van der Waals surface area contributed by atoms with E-state index in [2.05, 4.69) is 38.1 Å². The van der Waals surface area contributed by atoms with E-state index in [1.54, 1.807) is 0 Å². The van der Waals surface area contributed by atoms with Crippen molar-refractivity contribution in [2.24, 2.45) is 11.8 Å². The van der Waals surface area contributed by atoms with E-state index in [4.69, 9.17) is 0 Å². The molecule has 1 heterocycles. The molecule has 162 valence electrons. The molecular formula is C24H37NO3S. The first-order chi connectivity index (χ1) is 13.9. The third-order valence-corrected chi connectivity index (χ3v) is 8.63. The SMILES string of the molecule is CCCCC1CCC(C(=O)N(Cc2ccc(CC)cc2)C2CCS(=O)(=O)C2)CC1. The van der Waals surface area contributed by atoms with Crippen LogP contribution in [-0.4, -0.2) is 36.8 Å². The molecule has 29 heavy (non-hydrogen) atoms. The van der Waals surface area contributed by atoms with E-state index in [1.807, 2.05) is 4.90 Å². The number of carbonyl (C=O) groups is 1. The predicted molar refractivity (Wildman–Crippen MR) is 118 cm³/mol. The fourth-order valence-corrected chi connectivity index (χ4v) is 6.64. The van der Waals surface area contributed by atoms with E-state index >= 15 is 0 Å². The average Bonchev–Trinajstić information content (AvgIpc) is 3.10. The number of carbonyl (C=O) groups excluding carboxylic acids is 1. The number of rotatable bonds is 8. The van der Waals surface area contributed by atoms with Crippen LogP contribution in [0.3, 0.4) is 0 Å². The smallest absolute Gasteiger partial charge is 0.226 e. The van der Waals surface area contributed by atoms with Crippen LogP contribution in [-0.2, 0) is 27.6 Å². The lowest BCUT2D eigenvalue weighted by atomic mass is 9.79. The lowest BCUT2D eigenvalue weighted by Gasteiger charge is -2.35. The van der Waals surface area contributed by atoms with Crippen LogP contribution in [0, 0.1) is 11.8 Å². The monoisotopic (exact) mass is 419 g/mol. The molecule has 1 aliphatic heterocycles. The Labute approximate surface area is 177 Å². The second-order valence-corrected chi connectivity index (χ2v) is 11.3. The van der Waals surface area contributed by atoms with Crippen LogP contribution in [0.15, 0.2) is 24.3 Å². The Kier molecular flexibility index (Phi) is 7.78. The highest BCUT2D eigenvalue weighted by Gasteiger charge is 2.38.